The van der Waals surface area contributed by atoms with Gasteiger partial charge in [-0.05, 0) is 24.6 Å². The van der Waals surface area contributed by atoms with Crippen molar-refractivity contribution in [3.8, 4) is 0 Å². The predicted octanol–water partition coefficient (Wildman–Crippen LogP) is 2.97. The van der Waals surface area contributed by atoms with E-state index in [9.17, 15) is 9.59 Å². The molecule has 0 radical (unpaired) electrons. The lowest BCUT2D eigenvalue weighted by Crippen LogP contribution is -2.40. The first kappa shape index (κ1) is 16.6. The zero-order chi connectivity index (χ0) is 17.6. The highest BCUT2D eigenvalue weighted by Crippen LogP contribution is 2.53. The topological polar surface area (TPSA) is 55.8 Å². The maximum atomic E-state index is 13.1. The predicted molar refractivity (Wildman–Crippen MR) is 93.4 cm³/mol. The standard InChI is InChI=1S/C19H20ClNO4/c1-2-3-9-24-18(23)15-14-7-8-19(25-14)11-21(17(22)16(15)19)13-6-4-5-12(20)10-13/h4-8,10,14-16H,2-3,9,11H2,1H3/t14-,15+,16-,19+/m1/s1. The fraction of sp³-hybridized carbons (Fsp3) is 0.474. The van der Waals surface area contributed by atoms with Gasteiger partial charge in [0.2, 0.25) is 5.91 Å². The molecule has 0 N–H and O–H groups in total. The Kier molecular flexibility index (Phi) is 4.08. The smallest absolute Gasteiger partial charge is 0.312 e. The number of anilines is 1. The van der Waals surface area contributed by atoms with E-state index in [1.165, 1.54) is 0 Å². The molecule has 4 atom stereocenters. The SMILES string of the molecule is CCCCOC(=O)[C@H]1[C@H]2C=C[C@@]3(CN(c4cccc(Cl)c4)C(=O)[C@@H]13)O2. The van der Waals surface area contributed by atoms with Gasteiger partial charge in [-0.15, -0.1) is 0 Å². The minimum Gasteiger partial charge on any atom is -0.465 e. The number of carbonyl (C=O) groups is 2. The van der Waals surface area contributed by atoms with E-state index in [1.54, 1.807) is 23.1 Å². The molecule has 0 aliphatic carbocycles. The van der Waals surface area contributed by atoms with Gasteiger partial charge in [0.05, 0.1) is 25.2 Å². The monoisotopic (exact) mass is 361 g/mol. The van der Waals surface area contributed by atoms with Crippen molar-refractivity contribution in [1.29, 1.82) is 0 Å². The van der Waals surface area contributed by atoms with Gasteiger partial charge in [-0.1, -0.05) is 43.2 Å². The number of hydrogen-bond acceptors (Lipinski definition) is 4. The summed E-state index contributed by atoms with van der Waals surface area (Å²) >= 11 is 6.06. The van der Waals surface area contributed by atoms with Crippen LogP contribution in [0.15, 0.2) is 36.4 Å². The molecule has 2 bridgehead atoms. The van der Waals surface area contributed by atoms with Crippen molar-refractivity contribution in [3.63, 3.8) is 0 Å². The van der Waals surface area contributed by atoms with Gasteiger partial charge in [0.15, 0.2) is 0 Å². The molecular formula is C19H20ClNO4. The molecule has 0 unspecified atom stereocenters. The molecular weight excluding hydrogens is 342 g/mol. The maximum Gasteiger partial charge on any atom is 0.312 e. The summed E-state index contributed by atoms with van der Waals surface area (Å²) in [6, 6.07) is 7.16. The molecule has 0 saturated carbocycles. The summed E-state index contributed by atoms with van der Waals surface area (Å²) in [5, 5.41) is 0.566. The fourth-order valence-electron chi connectivity index (χ4n) is 4.04. The van der Waals surface area contributed by atoms with Crippen molar-refractivity contribution >= 4 is 29.2 Å². The molecule has 2 fully saturated rings. The summed E-state index contributed by atoms with van der Waals surface area (Å²) in [5.41, 5.74) is -0.0155. The van der Waals surface area contributed by atoms with Crippen LogP contribution >= 0.6 is 11.6 Å². The highest BCUT2D eigenvalue weighted by molar-refractivity contribution is 6.31. The summed E-state index contributed by atoms with van der Waals surface area (Å²) < 4.78 is 11.5. The molecule has 0 aromatic heterocycles. The number of amides is 1. The summed E-state index contributed by atoms with van der Waals surface area (Å²) in [4.78, 5) is 27.3. The highest BCUT2D eigenvalue weighted by atomic mass is 35.5. The van der Waals surface area contributed by atoms with Crippen molar-refractivity contribution in [1.82, 2.24) is 0 Å². The number of benzene rings is 1. The third kappa shape index (κ3) is 2.57. The maximum absolute atomic E-state index is 13.1. The first-order valence-electron chi connectivity index (χ1n) is 8.66. The van der Waals surface area contributed by atoms with Crippen LogP contribution in [0.25, 0.3) is 0 Å². The van der Waals surface area contributed by atoms with Crippen LogP contribution in [0, 0.1) is 11.8 Å². The minimum absolute atomic E-state index is 0.105. The average Bonchev–Trinajstić information content (AvgIpc) is 3.23. The Morgan fingerprint density at radius 3 is 3.08 bits per heavy atom. The average molecular weight is 362 g/mol. The fourth-order valence-corrected chi connectivity index (χ4v) is 4.23. The highest BCUT2D eigenvalue weighted by Gasteiger charge is 2.67. The van der Waals surface area contributed by atoms with Gasteiger partial charge in [0, 0.05) is 10.7 Å². The molecule has 25 heavy (non-hydrogen) atoms. The second kappa shape index (κ2) is 6.15. The summed E-state index contributed by atoms with van der Waals surface area (Å²) in [6.45, 7) is 2.81. The molecule has 3 aliphatic heterocycles. The van der Waals surface area contributed by atoms with Crippen molar-refractivity contribution in [3.05, 3.63) is 41.4 Å². The van der Waals surface area contributed by atoms with E-state index in [2.05, 4.69) is 0 Å². The van der Waals surface area contributed by atoms with Crippen molar-refractivity contribution in [2.75, 3.05) is 18.1 Å². The van der Waals surface area contributed by atoms with Crippen LogP contribution in [0.1, 0.15) is 19.8 Å². The number of carbonyl (C=O) groups excluding carboxylic acids is 2. The Morgan fingerprint density at radius 1 is 1.48 bits per heavy atom. The lowest BCUT2D eigenvalue weighted by molar-refractivity contribution is -0.152. The van der Waals surface area contributed by atoms with Gasteiger partial charge in [-0.25, -0.2) is 0 Å². The van der Waals surface area contributed by atoms with Gasteiger partial charge in [-0.2, -0.15) is 0 Å². The van der Waals surface area contributed by atoms with Crippen LogP contribution in [-0.4, -0.2) is 36.7 Å². The van der Waals surface area contributed by atoms with Crippen LogP contribution < -0.4 is 4.90 Å². The second-order valence-electron chi connectivity index (χ2n) is 6.83. The second-order valence-corrected chi connectivity index (χ2v) is 7.26. The summed E-state index contributed by atoms with van der Waals surface area (Å²) in [5.74, 6) is -1.54. The van der Waals surface area contributed by atoms with Crippen LogP contribution in [0.2, 0.25) is 5.02 Å². The third-order valence-corrected chi connectivity index (χ3v) is 5.47. The number of ether oxygens (including phenoxy) is 2. The number of rotatable bonds is 5. The molecule has 6 heteroatoms. The molecule has 2 saturated heterocycles. The van der Waals surface area contributed by atoms with Crippen molar-refractivity contribution in [2.24, 2.45) is 11.8 Å². The summed E-state index contributed by atoms with van der Waals surface area (Å²) in [7, 11) is 0. The van der Waals surface area contributed by atoms with Crippen LogP contribution in [0.4, 0.5) is 5.69 Å². The van der Waals surface area contributed by atoms with Crippen molar-refractivity contribution < 1.29 is 19.1 Å². The molecule has 5 nitrogen and oxygen atoms in total. The van der Waals surface area contributed by atoms with E-state index >= 15 is 0 Å². The van der Waals surface area contributed by atoms with E-state index in [-0.39, 0.29) is 18.0 Å². The Hall–Kier alpha value is -1.85. The van der Waals surface area contributed by atoms with Crippen LogP contribution in [0.3, 0.4) is 0 Å². The number of fused-ring (bicyclic) bond motifs is 1. The zero-order valence-electron chi connectivity index (χ0n) is 14.0. The summed E-state index contributed by atoms with van der Waals surface area (Å²) in [6.07, 6.45) is 5.22. The van der Waals surface area contributed by atoms with Gasteiger partial charge >= 0.3 is 5.97 Å². The number of unbranched alkanes of at least 4 members (excludes halogenated alkanes) is 1. The largest absolute Gasteiger partial charge is 0.465 e. The van der Waals surface area contributed by atoms with E-state index < -0.39 is 17.4 Å². The van der Waals surface area contributed by atoms with Crippen molar-refractivity contribution in [2.45, 2.75) is 31.5 Å². The lowest BCUT2D eigenvalue weighted by atomic mass is 9.77. The first-order chi connectivity index (χ1) is 12.1. The number of hydrogen-bond donors (Lipinski definition) is 0. The third-order valence-electron chi connectivity index (χ3n) is 5.23. The zero-order valence-corrected chi connectivity index (χ0v) is 14.7. The molecule has 3 aliphatic rings. The number of esters is 1. The lowest BCUT2D eigenvalue weighted by Gasteiger charge is -2.22. The van der Waals surface area contributed by atoms with E-state index in [1.807, 2.05) is 25.1 Å². The van der Waals surface area contributed by atoms with Gasteiger partial charge < -0.3 is 14.4 Å². The normalized spacial score (nSPS) is 32.3. The molecule has 1 aromatic rings. The Bertz CT molecular complexity index is 749. The molecule has 3 heterocycles. The Morgan fingerprint density at radius 2 is 2.32 bits per heavy atom. The molecule has 1 spiro atoms. The van der Waals surface area contributed by atoms with E-state index in [0.29, 0.717) is 18.2 Å². The van der Waals surface area contributed by atoms with E-state index in [0.717, 1.165) is 18.5 Å². The van der Waals surface area contributed by atoms with Crippen LogP contribution in [-0.2, 0) is 19.1 Å². The van der Waals surface area contributed by atoms with E-state index in [4.69, 9.17) is 21.1 Å². The first-order valence-corrected chi connectivity index (χ1v) is 9.04. The number of halogens is 1. The van der Waals surface area contributed by atoms with Gasteiger partial charge in [0.25, 0.3) is 0 Å². The number of nitrogens with zero attached hydrogens (tertiary/aromatic N) is 1. The van der Waals surface area contributed by atoms with Gasteiger partial charge in [0.1, 0.15) is 11.5 Å². The van der Waals surface area contributed by atoms with Crippen LogP contribution in [0.5, 0.6) is 0 Å². The minimum atomic E-state index is -0.738. The van der Waals surface area contributed by atoms with Gasteiger partial charge in [-0.3, -0.25) is 9.59 Å². The molecule has 1 amide bonds. The Labute approximate surface area is 151 Å². The Balaban J connectivity index is 1.60. The molecule has 1 aromatic carbocycles. The molecule has 4 rings (SSSR count). The molecule has 132 valence electrons. The quantitative estimate of drug-likeness (QED) is 0.459.